The molecule has 0 aliphatic carbocycles. The van der Waals surface area contributed by atoms with Crippen LogP contribution in [0.1, 0.15) is 34.6 Å². The maximum Gasteiger partial charge on any atom is 0.0906 e. The quantitative estimate of drug-likeness (QED) is 0.537. The predicted molar refractivity (Wildman–Crippen MR) is 47.3 cm³/mol. The summed E-state index contributed by atoms with van der Waals surface area (Å²) in [6.07, 6.45) is 0. The lowest BCUT2D eigenvalue weighted by Gasteiger charge is -2.34. The summed E-state index contributed by atoms with van der Waals surface area (Å²) in [5, 5.41) is 0. The monoisotopic (exact) mass is 139 g/mol. The molecule has 0 bridgehead atoms. The molecule has 0 aliphatic rings. The number of rotatable bonds is 3. The molecule has 0 rings (SSSR count). The smallest absolute Gasteiger partial charge is 0.0906 e. The second kappa shape index (κ2) is 4.02. The van der Waals surface area contributed by atoms with E-state index in [1.807, 2.05) is 6.92 Å². The van der Waals surface area contributed by atoms with E-state index in [0.717, 1.165) is 0 Å². The van der Waals surface area contributed by atoms with Crippen molar-refractivity contribution in [2.75, 3.05) is 0 Å². The van der Waals surface area contributed by atoms with E-state index in [2.05, 4.69) is 32.6 Å². The van der Waals surface area contributed by atoms with Gasteiger partial charge in [-0.1, -0.05) is 6.92 Å². The summed E-state index contributed by atoms with van der Waals surface area (Å²) < 4.78 is 0. The third-order valence-corrected chi connectivity index (χ3v) is 1.66. The van der Waals surface area contributed by atoms with Crippen LogP contribution in [0.2, 0.25) is 0 Å². The highest BCUT2D eigenvalue weighted by Crippen LogP contribution is 2.07. The SMILES string of the molecule is [B]C(C)N(C(C)C)C(C)C. The van der Waals surface area contributed by atoms with Crippen molar-refractivity contribution in [2.24, 2.45) is 0 Å². The highest BCUT2D eigenvalue weighted by molar-refractivity contribution is 6.11. The zero-order chi connectivity index (χ0) is 8.31. The molecule has 0 saturated carbocycles. The standard InChI is InChI=1S/C8H18BN/c1-6(2)10(7(3)4)8(5)9/h6-8H,1-5H3. The molecule has 0 N–H and O–H groups in total. The fourth-order valence-electron chi connectivity index (χ4n) is 1.54. The van der Waals surface area contributed by atoms with Gasteiger partial charge in [0.05, 0.1) is 7.85 Å². The Bertz CT molecular complexity index is 70.2. The minimum atomic E-state index is 0.167. The molecule has 2 radical (unpaired) electrons. The summed E-state index contributed by atoms with van der Waals surface area (Å²) in [4.78, 5) is 2.28. The Kier molecular flexibility index (Phi) is 4.03. The van der Waals surface area contributed by atoms with E-state index in [1.54, 1.807) is 0 Å². The van der Waals surface area contributed by atoms with Crippen molar-refractivity contribution >= 4 is 7.85 Å². The molecule has 1 atom stereocenters. The molecule has 0 aromatic heterocycles. The van der Waals surface area contributed by atoms with Gasteiger partial charge in [0.25, 0.3) is 0 Å². The lowest BCUT2D eigenvalue weighted by atomic mass is 9.94. The van der Waals surface area contributed by atoms with Crippen LogP contribution >= 0.6 is 0 Å². The third-order valence-electron chi connectivity index (χ3n) is 1.66. The van der Waals surface area contributed by atoms with Crippen molar-refractivity contribution in [2.45, 2.75) is 52.6 Å². The Morgan fingerprint density at radius 1 is 0.900 bits per heavy atom. The van der Waals surface area contributed by atoms with Crippen molar-refractivity contribution < 1.29 is 0 Å². The molecule has 1 unspecified atom stereocenters. The first-order valence-electron chi connectivity index (χ1n) is 3.99. The first-order chi connectivity index (χ1) is 4.46. The molecule has 0 aromatic carbocycles. The molecule has 58 valence electrons. The van der Waals surface area contributed by atoms with Crippen LogP contribution in [0.3, 0.4) is 0 Å². The van der Waals surface area contributed by atoms with Crippen LogP contribution in [0.4, 0.5) is 0 Å². The molecule has 0 aromatic rings. The first kappa shape index (κ1) is 10.0. The number of nitrogens with zero attached hydrogens (tertiary/aromatic N) is 1. The number of hydrogen-bond donors (Lipinski definition) is 0. The van der Waals surface area contributed by atoms with E-state index in [-0.39, 0.29) is 5.94 Å². The Hall–Kier alpha value is 0.0249. The summed E-state index contributed by atoms with van der Waals surface area (Å²) in [6, 6.07) is 1.08. The predicted octanol–water partition coefficient (Wildman–Crippen LogP) is 1.62. The summed E-state index contributed by atoms with van der Waals surface area (Å²) in [5.41, 5.74) is 0. The molecule has 0 fully saturated rings. The zero-order valence-corrected chi connectivity index (χ0v) is 7.76. The maximum absolute atomic E-state index is 5.76. The van der Waals surface area contributed by atoms with Crippen molar-refractivity contribution in [3.8, 4) is 0 Å². The van der Waals surface area contributed by atoms with E-state index in [1.165, 1.54) is 0 Å². The van der Waals surface area contributed by atoms with Crippen LogP contribution in [-0.4, -0.2) is 30.8 Å². The summed E-state index contributed by atoms with van der Waals surface area (Å²) in [6.45, 7) is 10.7. The third kappa shape index (κ3) is 2.74. The van der Waals surface area contributed by atoms with Gasteiger partial charge < -0.3 is 4.90 Å². The van der Waals surface area contributed by atoms with E-state index < -0.39 is 0 Å². The van der Waals surface area contributed by atoms with Crippen molar-refractivity contribution in [3.63, 3.8) is 0 Å². The molecule has 0 saturated heterocycles. The van der Waals surface area contributed by atoms with Crippen LogP contribution < -0.4 is 0 Å². The Morgan fingerprint density at radius 3 is 1.20 bits per heavy atom. The van der Waals surface area contributed by atoms with Gasteiger partial charge in [-0.2, -0.15) is 0 Å². The van der Waals surface area contributed by atoms with E-state index >= 15 is 0 Å². The minimum absolute atomic E-state index is 0.167. The highest BCUT2D eigenvalue weighted by Gasteiger charge is 2.15. The van der Waals surface area contributed by atoms with Crippen LogP contribution in [0.25, 0.3) is 0 Å². The molecule has 10 heavy (non-hydrogen) atoms. The van der Waals surface area contributed by atoms with Gasteiger partial charge in [-0.15, -0.1) is 0 Å². The van der Waals surface area contributed by atoms with Gasteiger partial charge >= 0.3 is 0 Å². The molecule has 0 spiro atoms. The molecule has 0 heterocycles. The fourth-order valence-corrected chi connectivity index (χ4v) is 1.54. The van der Waals surface area contributed by atoms with Crippen LogP contribution in [0, 0.1) is 0 Å². The van der Waals surface area contributed by atoms with Gasteiger partial charge in [-0.25, -0.2) is 0 Å². The lowest BCUT2D eigenvalue weighted by Crippen LogP contribution is -2.43. The van der Waals surface area contributed by atoms with Crippen LogP contribution in [-0.2, 0) is 0 Å². The fraction of sp³-hybridized carbons (Fsp3) is 1.00. The van der Waals surface area contributed by atoms with Gasteiger partial charge in [0, 0.05) is 12.1 Å². The summed E-state index contributed by atoms with van der Waals surface area (Å²) in [5.74, 6) is 0.167. The first-order valence-corrected chi connectivity index (χ1v) is 3.99. The molecule has 0 aliphatic heterocycles. The van der Waals surface area contributed by atoms with Gasteiger partial charge in [0.15, 0.2) is 0 Å². The average Bonchev–Trinajstić information content (AvgIpc) is 1.59. The highest BCUT2D eigenvalue weighted by atomic mass is 15.2. The van der Waals surface area contributed by atoms with E-state index in [0.29, 0.717) is 12.1 Å². The summed E-state index contributed by atoms with van der Waals surface area (Å²) in [7, 11) is 5.76. The van der Waals surface area contributed by atoms with Crippen molar-refractivity contribution in [3.05, 3.63) is 0 Å². The largest absolute Gasteiger partial charge is 0.305 e. The molecule has 0 amide bonds. The normalized spacial score (nSPS) is 15.2. The topological polar surface area (TPSA) is 3.24 Å². The molecule has 1 nitrogen and oxygen atoms in total. The number of hydrogen-bond acceptors (Lipinski definition) is 1. The maximum atomic E-state index is 5.76. The summed E-state index contributed by atoms with van der Waals surface area (Å²) >= 11 is 0. The molecular weight excluding hydrogens is 121 g/mol. The molecule has 2 heteroatoms. The van der Waals surface area contributed by atoms with Gasteiger partial charge in [0.2, 0.25) is 0 Å². The van der Waals surface area contributed by atoms with Crippen molar-refractivity contribution in [1.82, 2.24) is 4.90 Å². The van der Waals surface area contributed by atoms with Gasteiger partial charge in [-0.3, -0.25) is 0 Å². The average molecular weight is 139 g/mol. The van der Waals surface area contributed by atoms with E-state index in [9.17, 15) is 0 Å². The van der Waals surface area contributed by atoms with Crippen LogP contribution in [0.5, 0.6) is 0 Å². The zero-order valence-electron chi connectivity index (χ0n) is 7.76. The van der Waals surface area contributed by atoms with E-state index in [4.69, 9.17) is 7.85 Å². The van der Waals surface area contributed by atoms with Crippen molar-refractivity contribution in [1.29, 1.82) is 0 Å². The Balaban J connectivity index is 3.98. The minimum Gasteiger partial charge on any atom is -0.305 e. The molecular formula is C8H18BN. The van der Waals surface area contributed by atoms with Gasteiger partial charge in [-0.05, 0) is 33.6 Å². The van der Waals surface area contributed by atoms with Gasteiger partial charge in [0.1, 0.15) is 0 Å². The lowest BCUT2D eigenvalue weighted by molar-refractivity contribution is 0.164. The van der Waals surface area contributed by atoms with Crippen LogP contribution in [0.15, 0.2) is 0 Å². The second-order valence-electron chi connectivity index (χ2n) is 3.38. The Morgan fingerprint density at radius 2 is 1.20 bits per heavy atom. The second-order valence-corrected chi connectivity index (χ2v) is 3.38. The Labute approximate surface area is 66.2 Å².